The number of sulfonamides is 1. The first-order chi connectivity index (χ1) is 19.1. The van der Waals surface area contributed by atoms with Gasteiger partial charge in [0.2, 0.25) is 11.8 Å². The third-order valence-corrected chi connectivity index (χ3v) is 7.30. The molecule has 12 heteroatoms. The molecule has 3 aromatic rings. The van der Waals surface area contributed by atoms with Crippen LogP contribution in [0.3, 0.4) is 0 Å². The minimum absolute atomic E-state index is 0.0208. The lowest BCUT2D eigenvalue weighted by Crippen LogP contribution is -2.45. The maximum atomic E-state index is 13.2. The van der Waals surface area contributed by atoms with Crippen molar-refractivity contribution in [3.05, 3.63) is 65.2 Å². The number of carbonyl (C=O) groups excluding carboxylic acids is 1. The Morgan fingerprint density at radius 2 is 1.63 bits per heavy atom. The molecule has 0 fully saturated rings. The van der Waals surface area contributed by atoms with Crippen LogP contribution in [-0.2, 0) is 14.8 Å². The van der Waals surface area contributed by atoms with Crippen molar-refractivity contribution in [2.24, 2.45) is 5.92 Å². The second kappa shape index (κ2) is 12.5. The predicted octanol–water partition coefficient (Wildman–Crippen LogP) is 5.19. The summed E-state index contributed by atoms with van der Waals surface area (Å²) in [4.78, 5) is 32.2. The lowest BCUT2D eigenvalue weighted by atomic mass is 10.00. The van der Waals surface area contributed by atoms with Crippen LogP contribution in [0.2, 0.25) is 0 Å². The van der Waals surface area contributed by atoms with Gasteiger partial charge in [0.25, 0.3) is 10.0 Å². The third-order valence-electron chi connectivity index (χ3n) is 5.97. The molecule has 3 rings (SSSR count). The Morgan fingerprint density at radius 1 is 1.00 bits per heavy atom. The predicted molar refractivity (Wildman–Crippen MR) is 155 cm³/mol. The average Bonchev–Trinajstić information content (AvgIpc) is 2.85. The Bertz CT molecular complexity index is 1510. The monoisotopic (exact) mass is 584 g/mol. The average molecular weight is 585 g/mol. The molecule has 0 unspecified atom stereocenters. The summed E-state index contributed by atoms with van der Waals surface area (Å²) in [6.07, 6.45) is -0.587. The fourth-order valence-electron chi connectivity index (χ4n) is 3.90. The molecule has 220 valence electrons. The maximum Gasteiger partial charge on any atom is 0.407 e. The van der Waals surface area contributed by atoms with Gasteiger partial charge in [-0.15, -0.1) is 0 Å². The number of nitrogens with zero attached hydrogens (tertiary/aromatic N) is 2. The number of carboxylic acid groups (broad SMARTS) is 1. The Balaban J connectivity index is 1.98. The summed E-state index contributed by atoms with van der Waals surface area (Å²) in [5.41, 5.74) is 2.16. The van der Waals surface area contributed by atoms with Crippen molar-refractivity contribution in [1.82, 2.24) is 15.3 Å². The van der Waals surface area contributed by atoms with Gasteiger partial charge in [-0.25, -0.2) is 27.7 Å². The van der Waals surface area contributed by atoms with Crippen LogP contribution in [0.1, 0.15) is 56.1 Å². The first-order valence-electron chi connectivity index (χ1n) is 13.0. The zero-order valence-corrected chi connectivity index (χ0v) is 25.0. The zero-order valence-electron chi connectivity index (χ0n) is 24.2. The summed E-state index contributed by atoms with van der Waals surface area (Å²) in [7, 11) is -4.25. The van der Waals surface area contributed by atoms with Crippen molar-refractivity contribution in [2.45, 2.75) is 65.0 Å². The van der Waals surface area contributed by atoms with E-state index in [1.54, 1.807) is 26.8 Å². The van der Waals surface area contributed by atoms with E-state index in [4.69, 9.17) is 9.47 Å². The van der Waals surface area contributed by atoms with Gasteiger partial charge in [0, 0.05) is 11.6 Å². The van der Waals surface area contributed by atoms with Crippen LogP contribution in [-0.4, -0.2) is 53.8 Å². The highest BCUT2D eigenvalue weighted by molar-refractivity contribution is 7.92. The molecule has 0 saturated carbocycles. The van der Waals surface area contributed by atoms with E-state index in [-0.39, 0.29) is 34.8 Å². The van der Waals surface area contributed by atoms with Gasteiger partial charge < -0.3 is 19.9 Å². The normalized spacial score (nSPS) is 12.5. The highest BCUT2D eigenvalue weighted by Gasteiger charge is 2.24. The van der Waals surface area contributed by atoms with Crippen molar-refractivity contribution in [2.75, 3.05) is 11.3 Å². The van der Waals surface area contributed by atoms with E-state index in [1.165, 1.54) is 18.2 Å². The number of aromatic carboxylic acids is 1. The summed E-state index contributed by atoms with van der Waals surface area (Å²) in [6, 6.07) is 11.8. The molecule has 1 atom stereocenters. The van der Waals surface area contributed by atoms with Crippen LogP contribution in [0.4, 0.5) is 10.7 Å². The van der Waals surface area contributed by atoms with Crippen molar-refractivity contribution < 1.29 is 32.6 Å². The van der Waals surface area contributed by atoms with Crippen molar-refractivity contribution in [1.29, 1.82) is 0 Å². The minimum Gasteiger partial charge on any atom is -0.478 e. The van der Waals surface area contributed by atoms with Gasteiger partial charge in [0.15, 0.2) is 0 Å². The van der Waals surface area contributed by atoms with Gasteiger partial charge in [-0.3, -0.25) is 0 Å². The Hall–Kier alpha value is -4.19. The molecule has 0 aliphatic heterocycles. The SMILES string of the molecule is Cc1cccc(C)c1-c1cc(OC[C@H](NC(=O)OC(C)(C)C)C(C)C)nc(NS(=O)(=O)c2cccc(C(=O)O)c2)n1. The Kier molecular flexibility index (Phi) is 9.59. The molecular weight excluding hydrogens is 548 g/mol. The van der Waals surface area contributed by atoms with Crippen molar-refractivity contribution in [3.8, 4) is 17.1 Å². The molecule has 0 radical (unpaired) electrons. The first kappa shape index (κ1) is 31.3. The lowest BCUT2D eigenvalue weighted by Gasteiger charge is -2.25. The summed E-state index contributed by atoms with van der Waals surface area (Å²) in [5.74, 6) is -1.47. The van der Waals surface area contributed by atoms with Crippen LogP contribution in [0.25, 0.3) is 11.3 Å². The van der Waals surface area contributed by atoms with E-state index in [0.717, 1.165) is 22.8 Å². The molecule has 0 bridgehead atoms. The van der Waals surface area contributed by atoms with E-state index >= 15 is 0 Å². The quantitative estimate of drug-likeness (QED) is 0.292. The number of alkyl carbamates (subject to hydrolysis) is 1. The van der Waals surface area contributed by atoms with Gasteiger partial charge in [0.05, 0.1) is 22.2 Å². The van der Waals surface area contributed by atoms with Gasteiger partial charge >= 0.3 is 12.1 Å². The van der Waals surface area contributed by atoms with Crippen molar-refractivity contribution >= 4 is 28.0 Å². The third kappa shape index (κ3) is 8.65. The zero-order chi connectivity index (χ0) is 30.5. The Morgan fingerprint density at radius 3 is 2.22 bits per heavy atom. The highest BCUT2D eigenvalue weighted by atomic mass is 32.2. The standard InChI is InChI=1S/C29H36N4O7S/c1-17(2)23(31-28(36)40-29(5,6)7)16-39-24-15-22(25-18(3)10-8-11-19(25)4)30-27(32-24)33-41(37,38)21-13-9-12-20(14-21)26(34)35/h8-15,17,23H,16H2,1-7H3,(H,31,36)(H,34,35)(H,30,32,33)/t23-/m0/s1. The number of rotatable bonds is 10. The number of amides is 1. The number of aromatic nitrogens is 2. The maximum absolute atomic E-state index is 13.2. The Labute approximate surface area is 240 Å². The summed E-state index contributed by atoms with van der Waals surface area (Å²) >= 11 is 0. The van der Waals surface area contributed by atoms with Crippen LogP contribution < -0.4 is 14.8 Å². The number of nitrogens with one attached hydrogen (secondary N) is 2. The first-order valence-corrected chi connectivity index (χ1v) is 14.5. The van der Waals surface area contributed by atoms with Gasteiger partial charge in [-0.1, -0.05) is 38.1 Å². The molecule has 2 aromatic carbocycles. The van der Waals surface area contributed by atoms with Crippen molar-refractivity contribution in [3.63, 3.8) is 0 Å². The fourth-order valence-corrected chi connectivity index (χ4v) is 4.89. The number of benzene rings is 2. The number of anilines is 1. The molecular formula is C29H36N4O7S. The summed E-state index contributed by atoms with van der Waals surface area (Å²) < 4.78 is 40.0. The van der Waals surface area contributed by atoms with E-state index in [2.05, 4.69) is 20.0 Å². The molecule has 11 nitrogen and oxygen atoms in total. The second-order valence-corrected chi connectivity index (χ2v) is 12.6. The number of hydrogen-bond donors (Lipinski definition) is 3. The topological polar surface area (TPSA) is 157 Å². The number of carbonyl (C=O) groups is 2. The smallest absolute Gasteiger partial charge is 0.407 e. The number of hydrogen-bond acceptors (Lipinski definition) is 8. The molecule has 1 heterocycles. The number of aryl methyl sites for hydroxylation is 2. The van der Waals surface area contributed by atoms with Gasteiger partial charge in [-0.05, 0) is 69.9 Å². The van der Waals surface area contributed by atoms with Crippen LogP contribution in [0, 0.1) is 19.8 Å². The van der Waals surface area contributed by atoms with E-state index in [9.17, 15) is 23.1 Å². The fraction of sp³-hybridized carbons (Fsp3) is 0.379. The summed E-state index contributed by atoms with van der Waals surface area (Å²) in [5, 5.41) is 12.1. The second-order valence-electron chi connectivity index (χ2n) is 10.9. The molecule has 0 aliphatic carbocycles. The van der Waals surface area contributed by atoms with E-state index in [1.807, 2.05) is 45.9 Å². The molecule has 1 amide bonds. The molecule has 0 spiro atoms. The molecule has 0 aliphatic rings. The molecule has 0 saturated heterocycles. The molecule has 3 N–H and O–H groups in total. The minimum atomic E-state index is -4.25. The van der Waals surface area contributed by atoms with E-state index < -0.39 is 33.7 Å². The molecule has 1 aromatic heterocycles. The number of carboxylic acids is 1. The lowest BCUT2D eigenvalue weighted by molar-refractivity contribution is 0.0467. The molecule has 41 heavy (non-hydrogen) atoms. The highest BCUT2D eigenvalue weighted by Crippen LogP contribution is 2.29. The van der Waals surface area contributed by atoms with Crippen LogP contribution in [0.5, 0.6) is 5.88 Å². The van der Waals surface area contributed by atoms with E-state index in [0.29, 0.717) is 5.69 Å². The van der Waals surface area contributed by atoms with Gasteiger partial charge in [-0.2, -0.15) is 4.98 Å². The van der Waals surface area contributed by atoms with Gasteiger partial charge in [0.1, 0.15) is 12.2 Å². The summed E-state index contributed by atoms with van der Waals surface area (Å²) in [6.45, 7) is 13.0. The number of ether oxygens (including phenoxy) is 2. The largest absolute Gasteiger partial charge is 0.478 e. The van der Waals surface area contributed by atoms with Crippen LogP contribution in [0.15, 0.2) is 53.4 Å². The van der Waals surface area contributed by atoms with Crippen LogP contribution >= 0.6 is 0 Å².